The Balaban J connectivity index is 1.85. The maximum atomic E-state index is 12.0. The van der Waals surface area contributed by atoms with E-state index in [1.165, 1.54) is 25.9 Å². The van der Waals surface area contributed by atoms with Gasteiger partial charge in [0.15, 0.2) is 0 Å². The van der Waals surface area contributed by atoms with Gasteiger partial charge in [-0.3, -0.25) is 4.79 Å². The fourth-order valence-corrected chi connectivity index (χ4v) is 2.70. The van der Waals surface area contributed by atoms with E-state index in [0.29, 0.717) is 0 Å². The maximum Gasteiger partial charge on any atom is 0.252 e. The van der Waals surface area contributed by atoms with Gasteiger partial charge in [-0.15, -0.1) is 0 Å². The number of carbonyl (C=O) groups excluding carboxylic acids is 1. The smallest absolute Gasteiger partial charge is 0.252 e. The van der Waals surface area contributed by atoms with Crippen LogP contribution in [0, 0.1) is 6.92 Å². The summed E-state index contributed by atoms with van der Waals surface area (Å²) in [5.41, 5.74) is 1.80. The number of rotatable bonds is 4. The van der Waals surface area contributed by atoms with Gasteiger partial charge in [-0.05, 0) is 60.4 Å². The lowest BCUT2D eigenvalue weighted by Gasteiger charge is -2.15. The predicted molar refractivity (Wildman–Crippen MR) is 76.9 cm³/mol. The Bertz CT molecular complexity index is 428. The van der Waals surface area contributed by atoms with Crippen LogP contribution in [0.3, 0.4) is 0 Å². The number of amides is 1. The van der Waals surface area contributed by atoms with Crippen LogP contribution in [0.1, 0.15) is 28.8 Å². The van der Waals surface area contributed by atoms with Crippen LogP contribution in [0.15, 0.2) is 22.7 Å². The molecule has 3 nitrogen and oxygen atoms in total. The molecule has 1 saturated heterocycles. The predicted octanol–water partition coefficient (Wildman–Crippen LogP) is 2.58. The summed E-state index contributed by atoms with van der Waals surface area (Å²) in [5.74, 6) is 0.00442. The van der Waals surface area contributed by atoms with Gasteiger partial charge in [-0.1, -0.05) is 12.1 Å². The molecule has 0 radical (unpaired) electrons. The lowest BCUT2D eigenvalue weighted by atomic mass is 10.1. The number of hydrogen-bond acceptors (Lipinski definition) is 2. The topological polar surface area (TPSA) is 32.3 Å². The van der Waals surface area contributed by atoms with Crippen LogP contribution < -0.4 is 5.32 Å². The maximum absolute atomic E-state index is 12.0. The summed E-state index contributed by atoms with van der Waals surface area (Å²) in [6.45, 7) is 6.01. The van der Waals surface area contributed by atoms with Crippen LogP contribution in [0.5, 0.6) is 0 Å². The summed E-state index contributed by atoms with van der Waals surface area (Å²) >= 11 is 3.47. The Morgan fingerprint density at radius 1 is 1.39 bits per heavy atom. The van der Waals surface area contributed by atoms with Crippen molar-refractivity contribution in [3.05, 3.63) is 33.8 Å². The van der Waals surface area contributed by atoms with Crippen molar-refractivity contribution in [3.8, 4) is 0 Å². The highest BCUT2D eigenvalue weighted by Crippen LogP contribution is 2.20. The first kappa shape index (κ1) is 13.6. The van der Waals surface area contributed by atoms with E-state index in [0.717, 1.165) is 28.7 Å². The summed E-state index contributed by atoms with van der Waals surface area (Å²) in [5, 5.41) is 2.98. The molecule has 1 fully saturated rings. The van der Waals surface area contributed by atoms with E-state index in [1.54, 1.807) is 0 Å². The minimum absolute atomic E-state index is 0.00442. The van der Waals surface area contributed by atoms with Gasteiger partial charge in [-0.25, -0.2) is 0 Å². The third-order valence-electron chi connectivity index (χ3n) is 3.35. The van der Waals surface area contributed by atoms with E-state index in [-0.39, 0.29) is 5.91 Å². The van der Waals surface area contributed by atoms with Gasteiger partial charge in [-0.2, -0.15) is 0 Å². The third kappa shape index (κ3) is 3.33. The molecule has 0 atom stereocenters. The molecule has 98 valence electrons. The molecule has 0 bridgehead atoms. The van der Waals surface area contributed by atoms with E-state index in [2.05, 4.69) is 26.1 Å². The minimum Gasteiger partial charge on any atom is -0.351 e. The zero-order valence-corrected chi connectivity index (χ0v) is 12.3. The first-order chi connectivity index (χ1) is 8.68. The van der Waals surface area contributed by atoms with Crippen LogP contribution in [-0.4, -0.2) is 37.0 Å². The van der Waals surface area contributed by atoms with Crippen LogP contribution in [0.4, 0.5) is 0 Å². The van der Waals surface area contributed by atoms with E-state index in [4.69, 9.17) is 0 Å². The summed E-state index contributed by atoms with van der Waals surface area (Å²) < 4.78 is 0.892. The van der Waals surface area contributed by atoms with E-state index in [9.17, 15) is 4.79 Å². The largest absolute Gasteiger partial charge is 0.351 e. The minimum atomic E-state index is 0.00442. The highest BCUT2D eigenvalue weighted by molar-refractivity contribution is 9.10. The Hall–Kier alpha value is -0.870. The van der Waals surface area contributed by atoms with Crippen LogP contribution >= 0.6 is 15.9 Å². The second kappa shape index (κ2) is 6.34. The molecule has 1 aromatic carbocycles. The van der Waals surface area contributed by atoms with E-state index >= 15 is 0 Å². The molecular weight excluding hydrogens is 292 g/mol. The molecule has 1 amide bonds. The lowest BCUT2D eigenvalue weighted by Crippen LogP contribution is -2.33. The molecule has 2 rings (SSSR count). The standard InChI is InChI=1S/C14H19BrN2O/c1-11-5-4-6-12(13(11)15)14(18)16-7-10-17-8-2-3-9-17/h4-6H,2-3,7-10H2,1H3,(H,16,18). The van der Waals surface area contributed by atoms with Crippen molar-refractivity contribution in [3.63, 3.8) is 0 Å². The number of halogens is 1. The van der Waals surface area contributed by atoms with Crippen molar-refractivity contribution in [2.24, 2.45) is 0 Å². The first-order valence-electron chi connectivity index (χ1n) is 6.44. The Labute approximate surface area is 117 Å². The zero-order chi connectivity index (χ0) is 13.0. The monoisotopic (exact) mass is 310 g/mol. The van der Waals surface area contributed by atoms with Gasteiger partial charge in [0.1, 0.15) is 0 Å². The third-order valence-corrected chi connectivity index (χ3v) is 4.40. The van der Waals surface area contributed by atoms with Crippen molar-refractivity contribution in [1.29, 1.82) is 0 Å². The molecule has 4 heteroatoms. The SMILES string of the molecule is Cc1cccc(C(=O)NCCN2CCCC2)c1Br. The van der Waals surface area contributed by atoms with Crippen LogP contribution in [0.25, 0.3) is 0 Å². The van der Waals surface area contributed by atoms with Gasteiger partial charge in [0.25, 0.3) is 5.91 Å². The highest BCUT2D eigenvalue weighted by atomic mass is 79.9. The van der Waals surface area contributed by atoms with Gasteiger partial charge in [0, 0.05) is 17.6 Å². The van der Waals surface area contributed by atoms with Crippen molar-refractivity contribution in [2.75, 3.05) is 26.2 Å². The van der Waals surface area contributed by atoms with Crippen molar-refractivity contribution in [2.45, 2.75) is 19.8 Å². The van der Waals surface area contributed by atoms with E-state index in [1.807, 2.05) is 25.1 Å². The number of benzene rings is 1. The Morgan fingerprint density at radius 3 is 2.83 bits per heavy atom. The quantitative estimate of drug-likeness (QED) is 0.927. The number of nitrogens with zero attached hydrogens (tertiary/aromatic N) is 1. The molecule has 0 unspecified atom stereocenters. The van der Waals surface area contributed by atoms with Crippen molar-refractivity contribution >= 4 is 21.8 Å². The molecule has 0 aliphatic carbocycles. The molecule has 1 aliphatic rings. The molecule has 0 saturated carbocycles. The fraction of sp³-hybridized carbons (Fsp3) is 0.500. The highest BCUT2D eigenvalue weighted by Gasteiger charge is 2.13. The number of nitrogens with one attached hydrogen (secondary N) is 1. The Morgan fingerprint density at radius 2 is 2.11 bits per heavy atom. The molecule has 0 spiro atoms. The fourth-order valence-electron chi connectivity index (χ4n) is 2.25. The molecule has 1 aromatic rings. The first-order valence-corrected chi connectivity index (χ1v) is 7.23. The van der Waals surface area contributed by atoms with Crippen molar-refractivity contribution < 1.29 is 4.79 Å². The average molecular weight is 311 g/mol. The molecule has 1 N–H and O–H groups in total. The Kier molecular flexibility index (Phi) is 4.78. The normalized spacial score (nSPS) is 15.9. The average Bonchev–Trinajstić information content (AvgIpc) is 2.85. The summed E-state index contributed by atoms with van der Waals surface area (Å²) in [6.07, 6.45) is 2.58. The zero-order valence-electron chi connectivity index (χ0n) is 10.7. The molecule has 1 heterocycles. The summed E-state index contributed by atoms with van der Waals surface area (Å²) in [4.78, 5) is 14.4. The number of hydrogen-bond donors (Lipinski definition) is 1. The molecular formula is C14H19BrN2O. The van der Waals surface area contributed by atoms with Crippen LogP contribution in [0.2, 0.25) is 0 Å². The van der Waals surface area contributed by atoms with Crippen molar-refractivity contribution in [1.82, 2.24) is 10.2 Å². The number of carbonyl (C=O) groups is 1. The second-order valence-electron chi connectivity index (χ2n) is 4.74. The summed E-state index contributed by atoms with van der Waals surface area (Å²) in [7, 11) is 0. The molecule has 18 heavy (non-hydrogen) atoms. The van der Waals surface area contributed by atoms with Gasteiger partial charge in [0.05, 0.1) is 5.56 Å². The second-order valence-corrected chi connectivity index (χ2v) is 5.53. The summed E-state index contributed by atoms with van der Waals surface area (Å²) in [6, 6.07) is 5.75. The van der Waals surface area contributed by atoms with Crippen LogP contribution in [-0.2, 0) is 0 Å². The van der Waals surface area contributed by atoms with Gasteiger partial charge < -0.3 is 10.2 Å². The van der Waals surface area contributed by atoms with Gasteiger partial charge >= 0.3 is 0 Å². The lowest BCUT2D eigenvalue weighted by molar-refractivity contribution is 0.0949. The van der Waals surface area contributed by atoms with Gasteiger partial charge in [0.2, 0.25) is 0 Å². The molecule has 1 aliphatic heterocycles. The van der Waals surface area contributed by atoms with E-state index < -0.39 is 0 Å². The number of likely N-dealkylation sites (tertiary alicyclic amines) is 1. The molecule has 0 aromatic heterocycles. The number of aryl methyl sites for hydroxylation is 1.